The average Bonchev–Trinajstić information content (AvgIpc) is 1.96. The summed E-state index contributed by atoms with van der Waals surface area (Å²) >= 11 is 2.12. The van der Waals surface area contributed by atoms with Crippen molar-refractivity contribution in [2.45, 2.75) is 6.92 Å². The van der Waals surface area contributed by atoms with Gasteiger partial charge in [-0.25, -0.2) is 4.21 Å². The first-order valence-electron chi connectivity index (χ1n) is 3.37. The number of benzene rings is 1. The van der Waals surface area contributed by atoms with E-state index >= 15 is 0 Å². The van der Waals surface area contributed by atoms with E-state index in [0.29, 0.717) is 5.75 Å². The van der Waals surface area contributed by atoms with Crippen LogP contribution in [0.4, 0.5) is 0 Å². The van der Waals surface area contributed by atoms with E-state index in [1.54, 1.807) is 6.07 Å². The van der Waals surface area contributed by atoms with Crippen LogP contribution in [0.3, 0.4) is 0 Å². The predicted molar refractivity (Wildman–Crippen MR) is 53.6 cm³/mol. The Morgan fingerprint density at radius 2 is 2.17 bits per heavy atom. The van der Waals surface area contributed by atoms with Gasteiger partial charge in [0.05, 0.1) is 0 Å². The molecule has 0 saturated heterocycles. The number of halogens is 1. The van der Waals surface area contributed by atoms with Gasteiger partial charge in [0.2, 0.25) is 11.1 Å². The molecule has 0 heterocycles. The van der Waals surface area contributed by atoms with Gasteiger partial charge in [-0.2, -0.15) is 0 Å². The van der Waals surface area contributed by atoms with Crippen molar-refractivity contribution in [3.8, 4) is 5.75 Å². The highest BCUT2D eigenvalue weighted by Gasteiger charge is 1.99. The zero-order valence-corrected chi connectivity index (χ0v) is 9.24. The van der Waals surface area contributed by atoms with Gasteiger partial charge in [-0.15, -0.1) is 0 Å². The van der Waals surface area contributed by atoms with Crippen LogP contribution in [-0.4, -0.2) is 10.5 Å². The van der Waals surface area contributed by atoms with E-state index < -0.39 is 11.1 Å². The van der Waals surface area contributed by atoms with Crippen molar-refractivity contribution in [1.29, 1.82) is 0 Å². The first-order chi connectivity index (χ1) is 5.59. The van der Waals surface area contributed by atoms with Crippen LogP contribution in [0.2, 0.25) is 0 Å². The quantitative estimate of drug-likeness (QED) is 0.804. The van der Waals surface area contributed by atoms with Gasteiger partial charge in [0.15, 0.2) is 0 Å². The summed E-state index contributed by atoms with van der Waals surface area (Å²) in [6.07, 6.45) is 1.50. The van der Waals surface area contributed by atoms with Gasteiger partial charge in [0.1, 0.15) is 5.75 Å². The minimum absolute atomic E-state index is 0.636. The molecule has 0 fully saturated rings. The summed E-state index contributed by atoms with van der Waals surface area (Å²) in [6, 6.07) is 5.49. The summed E-state index contributed by atoms with van der Waals surface area (Å²) in [4.78, 5) is 0. The van der Waals surface area contributed by atoms with Crippen LogP contribution in [-0.2, 0) is 11.1 Å². The molecule has 0 saturated carbocycles. The van der Waals surface area contributed by atoms with Crippen molar-refractivity contribution in [3.05, 3.63) is 28.2 Å². The van der Waals surface area contributed by atoms with Crippen LogP contribution in [0, 0.1) is 6.92 Å². The molecule has 0 spiro atoms. The van der Waals surface area contributed by atoms with Gasteiger partial charge in [0.25, 0.3) is 0 Å². The maximum absolute atomic E-state index is 10.7. The minimum Gasteiger partial charge on any atom is -0.401 e. The van der Waals surface area contributed by atoms with E-state index in [-0.39, 0.29) is 0 Å². The van der Waals surface area contributed by atoms with Crippen molar-refractivity contribution >= 4 is 27.0 Å². The fourth-order valence-electron chi connectivity index (χ4n) is 0.805. The van der Waals surface area contributed by atoms with Crippen molar-refractivity contribution in [1.82, 2.24) is 0 Å². The minimum atomic E-state index is -1.25. The highest BCUT2D eigenvalue weighted by molar-refractivity contribution is 9.10. The first kappa shape index (κ1) is 9.74. The third kappa shape index (κ3) is 2.60. The molecule has 1 aromatic carbocycles. The molecule has 1 atom stereocenters. The average molecular weight is 249 g/mol. The van der Waals surface area contributed by atoms with Gasteiger partial charge >= 0.3 is 0 Å². The standard InChI is InChI=1S/C8H9BrO2S/c1-6-5-7(11-12(2)10)3-4-8(6)9/h3-5H,1-2H3. The summed E-state index contributed by atoms with van der Waals surface area (Å²) in [5.74, 6) is 0.636. The molecular weight excluding hydrogens is 240 g/mol. The summed E-state index contributed by atoms with van der Waals surface area (Å²) in [5, 5.41) is 0. The number of hydrogen-bond donors (Lipinski definition) is 0. The van der Waals surface area contributed by atoms with Crippen molar-refractivity contribution in [3.63, 3.8) is 0 Å². The van der Waals surface area contributed by atoms with Gasteiger partial charge in [0, 0.05) is 10.7 Å². The van der Waals surface area contributed by atoms with E-state index in [0.717, 1.165) is 10.0 Å². The molecule has 0 aromatic heterocycles. The van der Waals surface area contributed by atoms with E-state index in [4.69, 9.17) is 4.18 Å². The summed E-state index contributed by atoms with van der Waals surface area (Å²) in [7, 11) is 0. The summed E-state index contributed by atoms with van der Waals surface area (Å²) in [6.45, 7) is 1.95. The SMILES string of the molecule is Cc1cc(OS(C)=O)ccc1Br. The van der Waals surface area contributed by atoms with Crippen LogP contribution in [0.5, 0.6) is 5.75 Å². The number of hydrogen-bond acceptors (Lipinski definition) is 2. The normalized spacial score (nSPS) is 12.6. The summed E-state index contributed by atoms with van der Waals surface area (Å²) in [5.41, 5.74) is 1.07. The lowest BCUT2D eigenvalue weighted by Crippen LogP contribution is -1.96. The molecule has 1 rings (SSSR count). The Kier molecular flexibility index (Phi) is 3.29. The Labute approximate surface area is 82.7 Å². The lowest BCUT2D eigenvalue weighted by atomic mass is 10.2. The molecule has 4 heteroatoms. The van der Waals surface area contributed by atoms with Gasteiger partial charge in [-0.1, -0.05) is 15.9 Å². The second kappa shape index (κ2) is 4.05. The lowest BCUT2D eigenvalue weighted by Gasteiger charge is -2.02. The zero-order chi connectivity index (χ0) is 9.14. The summed E-state index contributed by atoms with van der Waals surface area (Å²) < 4.78 is 16.7. The van der Waals surface area contributed by atoms with E-state index in [2.05, 4.69) is 15.9 Å². The molecule has 2 nitrogen and oxygen atoms in total. The topological polar surface area (TPSA) is 26.3 Å². The van der Waals surface area contributed by atoms with Crippen molar-refractivity contribution < 1.29 is 8.39 Å². The maximum Gasteiger partial charge on any atom is 0.203 e. The van der Waals surface area contributed by atoms with Crippen molar-refractivity contribution in [2.24, 2.45) is 0 Å². The lowest BCUT2D eigenvalue weighted by molar-refractivity contribution is 0.567. The van der Waals surface area contributed by atoms with E-state index in [1.807, 2.05) is 19.1 Å². The molecular formula is C8H9BrO2S. The number of aryl methyl sites for hydroxylation is 1. The Hall–Kier alpha value is -0.350. The molecule has 0 aliphatic carbocycles. The molecule has 0 aliphatic rings. The number of rotatable bonds is 2. The monoisotopic (exact) mass is 248 g/mol. The Morgan fingerprint density at radius 1 is 1.50 bits per heavy atom. The first-order valence-corrected chi connectivity index (χ1v) is 5.65. The molecule has 1 unspecified atom stereocenters. The largest absolute Gasteiger partial charge is 0.401 e. The van der Waals surface area contributed by atoms with Gasteiger partial charge < -0.3 is 4.18 Å². The fraction of sp³-hybridized carbons (Fsp3) is 0.250. The molecule has 0 amide bonds. The third-order valence-electron chi connectivity index (χ3n) is 1.34. The van der Waals surface area contributed by atoms with Crippen LogP contribution < -0.4 is 4.18 Å². The highest BCUT2D eigenvalue weighted by Crippen LogP contribution is 2.21. The molecule has 0 radical (unpaired) electrons. The van der Waals surface area contributed by atoms with Crippen LogP contribution in [0.1, 0.15) is 5.56 Å². The van der Waals surface area contributed by atoms with Crippen LogP contribution >= 0.6 is 15.9 Å². The molecule has 0 bridgehead atoms. The molecule has 1 aromatic rings. The van der Waals surface area contributed by atoms with Gasteiger partial charge in [-0.05, 0) is 30.7 Å². The highest BCUT2D eigenvalue weighted by atomic mass is 79.9. The third-order valence-corrected chi connectivity index (χ3v) is 2.66. The Balaban J connectivity index is 2.89. The molecule has 0 aliphatic heterocycles. The van der Waals surface area contributed by atoms with Crippen LogP contribution in [0.15, 0.2) is 22.7 Å². The maximum atomic E-state index is 10.7. The zero-order valence-electron chi connectivity index (χ0n) is 6.83. The molecule has 12 heavy (non-hydrogen) atoms. The smallest absolute Gasteiger partial charge is 0.203 e. The van der Waals surface area contributed by atoms with E-state index in [1.165, 1.54) is 6.26 Å². The van der Waals surface area contributed by atoms with Crippen molar-refractivity contribution in [2.75, 3.05) is 6.26 Å². The second-order valence-electron chi connectivity index (χ2n) is 2.40. The second-order valence-corrected chi connectivity index (χ2v) is 4.22. The Morgan fingerprint density at radius 3 is 2.67 bits per heavy atom. The van der Waals surface area contributed by atoms with E-state index in [9.17, 15) is 4.21 Å². The predicted octanol–water partition coefficient (Wildman–Crippen LogP) is 2.43. The van der Waals surface area contributed by atoms with Crippen LogP contribution in [0.25, 0.3) is 0 Å². The fourth-order valence-corrected chi connectivity index (χ4v) is 1.43. The molecule has 66 valence electrons. The van der Waals surface area contributed by atoms with Gasteiger partial charge in [-0.3, -0.25) is 0 Å². The Bertz CT molecular complexity index is 312. The molecule has 0 N–H and O–H groups in total.